The Kier molecular flexibility index (Phi) is 2.98. The summed E-state index contributed by atoms with van der Waals surface area (Å²) in [6.07, 6.45) is 3.22. The lowest BCUT2D eigenvalue weighted by atomic mass is 10.4. The molecule has 0 saturated heterocycles. The number of rotatable bonds is 3. The number of nitrogens with zero attached hydrogens (tertiary/aromatic N) is 3. The number of hydrogen-bond donors (Lipinski definition) is 1. The minimum absolute atomic E-state index is 0.0426. The zero-order valence-corrected chi connectivity index (χ0v) is 10.4. The minimum atomic E-state index is -0.615. The summed E-state index contributed by atoms with van der Waals surface area (Å²) in [5.74, 6) is -0.248. The van der Waals surface area contributed by atoms with Gasteiger partial charge in [0.25, 0.3) is 5.56 Å². The molecule has 1 aromatic rings. The van der Waals surface area contributed by atoms with Gasteiger partial charge in [-0.2, -0.15) is 0 Å². The van der Waals surface area contributed by atoms with Crippen LogP contribution in [-0.4, -0.2) is 33.0 Å². The van der Waals surface area contributed by atoms with E-state index in [0.29, 0.717) is 0 Å². The molecule has 2 rings (SSSR count). The fourth-order valence-corrected chi connectivity index (χ4v) is 1.80. The van der Waals surface area contributed by atoms with Crippen molar-refractivity contribution in [3.63, 3.8) is 0 Å². The van der Waals surface area contributed by atoms with Gasteiger partial charge in [0.05, 0.1) is 0 Å². The van der Waals surface area contributed by atoms with Crippen LogP contribution in [0.25, 0.3) is 0 Å². The Morgan fingerprint density at radius 3 is 2.67 bits per heavy atom. The van der Waals surface area contributed by atoms with Crippen LogP contribution >= 0.6 is 0 Å². The Morgan fingerprint density at radius 1 is 1.50 bits per heavy atom. The second-order valence-corrected chi connectivity index (χ2v) is 4.61. The van der Waals surface area contributed by atoms with Crippen LogP contribution in [0.2, 0.25) is 0 Å². The largest absolute Gasteiger partial charge is 0.393 e. The van der Waals surface area contributed by atoms with Crippen LogP contribution in [0.1, 0.15) is 12.8 Å². The van der Waals surface area contributed by atoms with Crippen LogP contribution in [0.4, 0.5) is 5.69 Å². The maximum absolute atomic E-state index is 11.9. The third-order valence-electron chi connectivity index (χ3n) is 3.14. The van der Waals surface area contributed by atoms with Crippen LogP contribution in [-0.2, 0) is 18.4 Å². The molecule has 0 unspecified atom stereocenters. The van der Waals surface area contributed by atoms with Crippen molar-refractivity contribution in [3.05, 3.63) is 27.0 Å². The van der Waals surface area contributed by atoms with Crippen LogP contribution in [0, 0.1) is 0 Å². The molecule has 0 bridgehead atoms. The maximum atomic E-state index is 11.9. The monoisotopic (exact) mass is 252 g/mol. The highest BCUT2D eigenvalue weighted by molar-refractivity contribution is 5.76. The summed E-state index contributed by atoms with van der Waals surface area (Å²) in [5.41, 5.74) is 4.30. The van der Waals surface area contributed by atoms with Gasteiger partial charge < -0.3 is 15.2 Å². The van der Waals surface area contributed by atoms with Crippen LogP contribution in [0.3, 0.4) is 0 Å². The van der Waals surface area contributed by atoms with E-state index in [9.17, 15) is 14.4 Å². The lowest BCUT2D eigenvalue weighted by Gasteiger charge is -2.17. The van der Waals surface area contributed by atoms with Crippen molar-refractivity contribution in [1.82, 2.24) is 14.0 Å². The number of nitrogens with two attached hydrogens (primary N) is 1. The van der Waals surface area contributed by atoms with E-state index in [1.165, 1.54) is 17.8 Å². The number of aryl methyl sites for hydroxylation is 1. The molecule has 0 atom stereocenters. The average molecular weight is 252 g/mol. The molecule has 7 heteroatoms. The highest BCUT2D eigenvalue weighted by atomic mass is 16.2. The van der Waals surface area contributed by atoms with E-state index in [1.54, 1.807) is 11.9 Å². The Labute approximate surface area is 103 Å². The summed E-state index contributed by atoms with van der Waals surface area (Å²) in [5, 5.41) is 0. The van der Waals surface area contributed by atoms with Crippen molar-refractivity contribution in [3.8, 4) is 0 Å². The van der Waals surface area contributed by atoms with Gasteiger partial charge in [-0.25, -0.2) is 9.36 Å². The summed E-state index contributed by atoms with van der Waals surface area (Å²) in [4.78, 5) is 37.0. The number of anilines is 1. The lowest BCUT2D eigenvalue weighted by Crippen LogP contribution is -2.44. The van der Waals surface area contributed by atoms with Gasteiger partial charge in [0.1, 0.15) is 12.2 Å². The molecular weight excluding hydrogens is 236 g/mol. The summed E-state index contributed by atoms with van der Waals surface area (Å²) in [7, 11) is 3.17. The highest BCUT2D eigenvalue weighted by Crippen LogP contribution is 2.25. The van der Waals surface area contributed by atoms with Gasteiger partial charge in [0, 0.05) is 26.3 Å². The molecule has 1 saturated carbocycles. The minimum Gasteiger partial charge on any atom is -0.393 e. The Morgan fingerprint density at radius 2 is 2.11 bits per heavy atom. The standard InChI is InChI=1S/C11H16N4O3/c1-13-5-8(12)10(17)15(11(13)18)6-9(16)14(2)7-3-4-7/h5,7H,3-4,6,12H2,1-2H3. The van der Waals surface area contributed by atoms with Crippen LogP contribution in [0.5, 0.6) is 0 Å². The Hall–Kier alpha value is -2.05. The first kappa shape index (κ1) is 12.4. The third kappa shape index (κ3) is 2.15. The van der Waals surface area contributed by atoms with E-state index in [4.69, 9.17) is 5.73 Å². The molecule has 1 aromatic heterocycles. The molecule has 0 radical (unpaired) electrons. The lowest BCUT2D eigenvalue weighted by molar-refractivity contribution is -0.131. The topological polar surface area (TPSA) is 90.3 Å². The summed E-state index contributed by atoms with van der Waals surface area (Å²) >= 11 is 0. The predicted molar refractivity (Wildman–Crippen MR) is 66.1 cm³/mol. The van der Waals surface area contributed by atoms with Gasteiger partial charge in [-0.3, -0.25) is 9.59 Å². The van der Waals surface area contributed by atoms with Crippen molar-refractivity contribution in [1.29, 1.82) is 0 Å². The quantitative estimate of drug-likeness (QED) is 0.727. The number of nitrogen functional groups attached to an aromatic ring is 1. The van der Waals surface area contributed by atoms with E-state index in [0.717, 1.165) is 17.4 Å². The predicted octanol–water partition coefficient (Wildman–Crippen LogP) is -1.25. The SMILES string of the molecule is CN(C(=O)Cn1c(=O)c(N)cn(C)c1=O)C1CC1. The first-order valence-electron chi connectivity index (χ1n) is 5.73. The number of amides is 1. The van der Waals surface area contributed by atoms with Gasteiger partial charge in [-0.1, -0.05) is 0 Å². The molecule has 18 heavy (non-hydrogen) atoms. The molecule has 98 valence electrons. The normalized spacial score (nSPS) is 14.6. The number of aromatic nitrogens is 2. The van der Waals surface area contributed by atoms with Crippen molar-refractivity contribution >= 4 is 11.6 Å². The van der Waals surface area contributed by atoms with E-state index in [2.05, 4.69) is 0 Å². The van der Waals surface area contributed by atoms with Gasteiger partial charge in [-0.05, 0) is 12.8 Å². The van der Waals surface area contributed by atoms with Crippen LogP contribution < -0.4 is 17.0 Å². The molecule has 0 aromatic carbocycles. The molecular formula is C11H16N4O3. The molecule has 2 N–H and O–H groups in total. The van der Waals surface area contributed by atoms with Crippen molar-refractivity contribution in [2.24, 2.45) is 7.05 Å². The first-order chi connectivity index (χ1) is 8.41. The summed E-state index contributed by atoms with van der Waals surface area (Å²) < 4.78 is 2.07. The highest BCUT2D eigenvalue weighted by Gasteiger charge is 2.29. The molecule has 1 fully saturated rings. The van der Waals surface area contributed by atoms with E-state index >= 15 is 0 Å². The van der Waals surface area contributed by atoms with Crippen molar-refractivity contribution < 1.29 is 4.79 Å². The van der Waals surface area contributed by atoms with E-state index in [-0.39, 0.29) is 24.2 Å². The van der Waals surface area contributed by atoms with Gasteiger partial charge in [-0.15, -0.1) is 0 Å². The Balaban J connectivity index is 2.31. The molecule has 1 heterocycles. The average Bonchev–Trinajstić information content (AvgIpc) is 3.15. The van der Waals surface area contributed by atoms with Gasteiger partial charge in [0.2, 0.25) is 5.91 Å². The third-order valence-corrected chi connectivity index (χ3v) is 3.14. The Bertz CT molecular complexity index is 563. The molecule has 0 spiro atoms. The number of hydrogen-bond acceptors (Lipinski definition) is 4. The first-order valence-corrected chi connectivity index (χ1v) is 5.73. The zero-order valence-electron chi connectivity index (χ0n) is 10.4. The summed E-state index contributed by atoms with van der Waals surface area (Å²) in [6.45, 7) is -0.260. The second-order valence-electron chi connectivity index (χ2n) is 4.61. The number of carbonyl (C=O) groups is 1. The van der Waals surface area contributed by atoms with Crippen LogP contribution in [0.15, 0.2) is 15.8 Å². The maximum Gasteiger partial charge on any atom is 0.331 e. The van der Waals surface area contributed by atoms with Crippen molar-refractivity contribution in [2.75, 3.05) is 12.8 Å². The molecule has 1 aliphatic rings. The second kappa shape index (κ2) is 4.32. The smallest absolute Gasteiger partial charge is 0.331 e. The van der Waals surface area contributed by atoms with Crippen molar-refractivity contribution in [2.45, 2.75) is 25.4 Å². The van der Waals surface area contributed by atoms with Gasteiger partial charge in [0.15, 0.2) is 0 Å². The molecule has 7 nitrogen and oxygen atoms in total. The fraction of sp³-hybridized carbons (Fsp3) is 0.545. The van der Waals surface area contributed by atoms with E-state index < -0.39 is 11.2 Å². The number of likely N-dealkylation sites (N-methyl/N-ethyl adjacent to an activating group) is 1. The zero-order chi connectivity index (χ0) is 13.4. The summed E-state index contributed by atoms with van der Waals surface area (Å²) in [6, 6.07) is 0.248. The fourth-order valence-electron chi connectivity index (χ4n) is 1.80. The molecule has 0 aliphatic heterocycles. The molecule has 1 aliphatic carbocycles. The molecule has 1 amide bonds. The van der Waals surface area contributed by atoms with E-state index in [1.807, 2.05) is 0 Å². The number of carbonyl (C=O) groups excluding carboxylic acids is 1. The van der Waals surface area contributed by atoms with Gasteiger partial charge >= 0.3 is 5.69 Å².